The van der Waals surface area contributed by atoms with Gasteiger partial charge in [-0.1, -0.05) is 63.5 Å². The molecule has 2 aliphatic carbocycles. The Kier molecular flexibility index (Phi) is 11.6. The average Bonchev–Trinajstić information content (AvgIpc) is 2.71. The lowest BCUT2D eigenvalue weighted by atomic mass is 9.79. The van der Waals surface area contributed by atoms with Crippen LogP contribution in [-0.2, 0) is 4.74 Å². The van der Waals surface area contributed by atoms with E-state index in [0.717, 1.165) is 24.9 Å². The topological polar surface area (TPSA) is 9.23 Å². The molecular weight excluding hydrogens is 328 g/mol. The van der Waals surface area contributed by atoms with Gasteiger partial charge in [0, 0.05) is 6.61 Å². The average molecular weight is 371 g/mol. The number of allylic oxidation sites excluding steroid dienone is 4. The van der Waals surface area contributed by atoms with Gasteiger partial charge in [0.05, 0.1) is 6.10 Å². The van der Waals surface area contributed by atoms with Crippen LogP contribution >= 0.6 is 0 Å². The fourth-order valence-corrected chi connectivity index (χ4v) is 4.55. The monoisotopic (exact) mass is 370 g/mol. The van der Waals surface area contributed by atoms with E-state index >= 15 is 0 Å². The van der Waals surface area contributed by atoms with Crippen LogP contribution in [0.5, 0.6) is 0 Å². The summed E-state index contributed by atoms with van der Waals surface area (Å²) in [7, 11) is 0. The standard InChI is InChI=1S/C26H42O/c1-3-5-8-11-23-14-16-24(17-15-23)12-9-6-7-10-13-25-18-20-26(21-19-25)27-22-4-2/h9-10,12-13,23-26H,3-5,8,11,14-22H2,1-2H3. The maximum atomic E-state index is 5.87. The first-order valence-electron chi connectivity index (χ1n) is 11.8. The van der Waals surface area contributed by atoms with Gasteiger partial charge in [-0.25, -0.2) is 0 Å². The summed E-state index contributed by atoms with van der Waals surface area (Å²) >= 11 is 0. The molecule has 0 unspecified atom stereocenters. The molecule has 27 heavy (non-hydrogen) atoms. The maximum Gasteiger partial charge on any atom is 0.0575 e. The highest BCUT2D eigenvalue weighted by atomic mass is 16.5. The van der Waals surface area contributed by atoms with Crippen molar-refractivity contribution in [2.75, 3.05) is 6.61 Å². The lowest BCUT2D eigenvalue weighted by Gasteiger charge is -2.26. The molecular formula is C26H42O. The summed E-state index contributed by atoms with van der Waals surface area (Å²) in [6, 6.07) is 0. The number of hydrogen-bond donors (Lipinski definition) is 0. The second-order valence-electron chi connectivity index (χ2n) is 8.69. The summed E-state index contributed by atoms with van der Waals surface area (Å²) in [5.41, 5.74) is 0. The Hall–Kier alpha value is -1.00. The highest BCUT2D eigenvalue weighted by Gasteiger charge is 2.20. The van der Waals surface area contributed by atoms with Crippen LogP contribution in [0.2, 0.25) is 0 Å². The van der Waals surface area contributed by atoms with Crippen LogP contribution in [0.4, 0.5) is 0 Å². The lowest BCUT2D eigenvalue weighted by Crippen LogP contribution is -2.21. The van der Waals surface area contributed by atoms with E-state index in [4.69, 9.17) is 4.74 Å². The van der Waals surface area contributed by atoms with Crippen LogP contribution in [0.25, 0.3) is 0 Å². The summed E-state index contributed by atoms with van der Waals surface area (Å²) in [6.45, 7) is 5.40. The Bertz CT molecular complexity index is 476. The van der Waals surface area contributed by atoms with Crippen molar-refractivity contribution in [1.82, 2.24) is 0 Å². The van der Waals surface area contributed by atoms with E-state index in [1.807, 2.05) is 0 Å². The quantitative estimate of drug-likeness (QED) is 0.302. The third-order valence-corrected chi connectivity index (χ3v) is 6.37. The zero-order valence-corrected chi connectivity index (χ0v) is 17.9. The van der Waals surface area contributed by atoms with Crippen LogP contribution in [0.15, 0.2) is 24.3 Å². The first-order valence-corrected chi connectivity index (χ1v) is 11.8. The Morgan fingerprint density at radius 3 is 1.89 bits per heavy atom. The molecule has 1 heteroatoms. The zero-order valence-electron chi connectivity index (χ0n) is 17.9. The molecule has 0 amide bonds. The van der Waals surface area contributed by atoms with Gasteiger partial charge in [-0.3, -0.25) is 0 Å². The van der Waals surface area contributed by atoms with E-state index in [1.54, 1.807) is 0 Å². The van der Waals surface area contributed by atoms with Gasteiger partial charge < -0.3 is 4.74 Å². The van der Waals surface area contributed by atoms with E-state index in [9.17, 15) is 0 Å². The molecule has 0 aromatic carbocycles. The van der Waals surface area contributed by atoms with E-state index < -0.39 is 0 Å². The molecule has 2 aliphatic rings. The van der Waals surface area contributed by atoms with Crippen molar-refractivity contribution in [3.05, 3.63) is 24.3 Å². The predicted octanol–water partition coefficient (Wildman–Crippen LogP) is 7.47. The highest BCUT2D eigenvalue weighted by molar-refractivity contribution is 5.24. The minimum absolute atomic E-state index is 0.505. The van der Waals surface area contributed by atoms with Crippen LogP contribution < -0.4 is 0 Å². The lowest BCUT2D eigenvalue weighted by molar-refractivity contribution is 0.0227. The third kappa shape index (κ3) is 9.66. The van der Waals surface area contributed by atoms with E-state index in [0.29, 0.717) is 12.0 Å². The second-order valence-corrected chi connectivity index (χ2v) is 8.69. The van der Waals surface area contributed by atoms with Gasteiger partial charge in [0.15, 0.2) is 0 Å². The Morgan fingerprint density at radius 2 is 1.33 bits per heavy atom. The molecule has 2 saturated carbocycles. The zero-order chi connectivity index (χ0) is 19.2. The normalized spacial score (nSPS) is 29.1. The molecule has 2 rings (SSSR count). The van der Waals surface area contributed by atoms with Gasteiger partial charge in [0.2, 0.25) is 0 Å². The molecule has 0 aliphatic heterocycles. The van der Waals surface area contributed by atoms with Gasteiger partial charge in [0.25, 0.3) is 0 Å². The Labute approximate surface area is 169 Å². The van der Waals surface area contributed by atoms with E-state index in [2.05, 4.69) is 50.0 Å². The molecule has 0 bridgehead atoms. The van der Waals surface area contributed by atoms with Gasteiger partial charge >= 0.3 is 0 Å². The summed E-state index contributed by atoms with van der Waals surface area (Å²) in [6.07, 6.45) is 26.7. The van der Waals surface area contributed by atoms with Crippen LogP contribution in [-0.4, -0.2) is 12.7 Å². The van der Waals surface area contributed by atoms with Crippen molar-refractivity contribution in [3.63, 3.8) is 0 Å². The van der Waals surface area contributed by atoms with Gasteiger partial charge in [0.1, 0.15) is 0 Å². The van der Waals surface area contributed by atoms with Gasteiger partial charge in [-0.15, -0.1) is 0 Å². The molecule has 152 valence electrons. The number of hydrogen-bond acceptors (Lipinski definition) is 1. The third-order valence-electron chi connectivity index (χ3n) is 6.37. The summed E-state index contributed by atoms with van der Waals surface area (Å²) < 4.78 is 5.87. The van der Waals surface area contributed by atoms with Crippen molar-refractivity contribution in [3.8, 4) is 11.8 Å². The van der Waals surface area contributed by atoms with Crippen molar-refractivity contribution < 1.29 is 4.74 Å². The smallest absolute Gasteiger partial charge is 0.0575 e. The Balaban J connectivity index is 1.57. The van der Waals surface area contributed by atoms with Crippen molar-refractivity contribution in [1.29, 1.82) is 0 Å². The molecule has 0 atom stereocenters. The minimum Gasteiger partial charge on any atom is -0.378 e. The van der Waals surface area contributed by atoms with Crippen LogP contribution in [0.1, 0.15) is 97.3 Å². The SMILES string of the molecule is CCCCCC1CCC(C=CC#CC=CC2CCC(OCCC)CC2)CC1. The maximum absolute atomic E-state index is 5.87. The van der Waals surface area contributed by atoms with Crippen molar-refractivity contribution in [2.24, 2.45) is 17.8 Å². The molecule has 0 spiro atoms. The number of ether oxygens (including phenoxy) is 1. The first-order chi connectivity index (χ1) is 13.3. The Morgan fingerprint density at radius 1 is 0.741 bits per heavy atom. The fourth-order valence-electron chi connectivity index (χ4n) is 4.55. The molecule has 0 saturated heterocycles. The summed E-state index contributed by atoms with van der Waals surface area (Å²) in [4.78, 5) is 0. The second kappa shape index (κ2) is 14.1. The number of rotatable bonds is 9. The molecule has 0 aromatic rings. The first kappa shape index (κ1) is 22.3. The van der Waals surface area contributed by atoms with Gasteiger partial charge in [-0.2, -0.15) is 0 Å². The summed E-state index contributed by atoms with van der Waals surface area (Å²) in [5, 5.41) is 0. The van der Waals surface area contributed by atoms with Crippen molar-refractivity contribution in [2.45, 2.75) is 103 Å². The van der Waals surface area contributed by atoms with E-state index in [1.165, 1.54) is 77.0 Å². The van der Waals surface area contributed by atoms with Crippen LogP contribution in [0, 0.1) is 29.6 Å². The fraction of sp³-hybridized carbons (Fsp3) is 0.769. The molecule has 0 heterocycles. The molecule has 1 nitrogen and oxygen atoms in total. The molecule has 0 radical (unpaired) electrons. The predicted molar refractivity (Wildman–Crippen MR) is 118 cm³/mol. The molecule has 0 N–H and O–H groups in total. The minimum atomic E-state index is 0.505. The van der Waals surface area contributed by atoms with Crippen LogP contribution in [0.3, 0.4) is 0 Å². The van der Waals surface area contributed by atoms with E-state index in [-0.39, 0.29) is 0 Å². The van der Waals surface area contributed by atoms with Gasteiger partial charge in [-0.05, 0) is 87.7 Å². The van der Waals surface area contributed by atoms with Crippen molar-refractivity contribution >= 4 is 0 Å². The number of unbranched alkanes of at least 4 members (excludes halogenated alkanes) is 2. The summed E-state index contributed by atoms with van der Waals surface area (Å²) in [5.74, 6) is 8.90. The molecule has 2 fully saturated rings. The highest BCUT2D eigenvalue weighted by Crippen LogP contribution is 2.32. The molecule has 0 aromatic heterocycles. The largest absolute Gasteiger partial charge is 0.378 e.